The summed E-state index contributed by atoms with van der Waals surface area (Å²) in [5.74, 6) is 0. The summed E-state index contributed by atoms with van der Waals surface area (Å²) in [4.78, 5) is 0. The lowest BCUT2D eigenvalue weighted by Gasteiger charge is -2.35. The molecule has 1 fully saturated rings. The quantitative estimate of drug-likeness (QED) is 0.803. The van der Waals surface area contributed by atoms with Gasteiger partial charge in [-0.25, -0.2) is 0 Å². The van der Waals surface area contributed by atoms with Crippen molar-refractivity contribution in [2.24, 2.45) is 23.6 Å². The first-order valence-corrected chi connectivity index (χ1v) is 6.13. The molecule has 1 heterocycles. The highest BCUT2D eigenvalue weighted by Gasteiger charge is 2.51. The fourth-order valence-electron chi connectivity index (χ4n) is 2.98. The Hall–Kier alpha value is -0.940. The summed E-state index contributed by atoms with van der Waals surface area (Å²) in [6.07, 6.45) is 4.19. The highest BCUT2D eigenvalue weighted by molar-refractivity contribution is 5.08. The molecular formula is C12H22N4O. The highest BCUT2D eigenvalue weighted by atomic mass is 16.3. The van der Waals surface area contributed by atoms with Crippen LogP contribution in [0.5, 0.6) is 0 Å². The van der Waals surface area contributed by atoms with Crippen molar-refractivity contribution < 1.29 is 5.11 Å². The summed E-state index contributed by atoms with van der Waals surface area (Å²) >= 11 is 0. The molecule has 0 amide bonds. The van der Waals surface area contributed by atoms with Crippen LogP contribution < -0.4 is 5.73 Å². The zero-order valence-corrected chi connectivity index (χ0v) is 10.8. The number of nitrogens with two attached hydrogens (primary N) is 1. The van der Waals surface area contributed by atoms with Crippen LogP contribution in [0.4, 0.5) is 0 Å². The molecule has 1 aromatic heterocycles. The summed E-state index contributed by atoms with van der Waals surface area (Å²) in [5, 5.41) is 18.5. The van der Waals surface area contributed by atoms with Crippen LogP contribution in [-0.2, 0) is 13.5 Å². The van der Waals surface area contributed by atoms with Gasteiger partial charge < -0.3 is 10.8 Å². The molecule has 1 aliphatic rings. The van der Waals surface area contributed by atoms with Gasteiger partial charge in [0, 0.05) is 31.6 Å². The number of nitrogens with zero attached hydrogens (tertiary/aromatic N) is 3. The smallest absolute Gasteiger partial charge is 0.0834 e. The van der Waals surface area contributed by atoms with Gasteiger partial charge in [0.1, 0.15) is 0 Å². The molecule has 1 saturated carbocycles. The van der Waals surface area contributed by atoms with Gasteiger partial charge in [-0.3, -0.25) is 4.68 Å². The minimum absolute atomic E-state index is 0.0540. The van der Waals surface area contributed by atoms with Crippen molar-refractivity contribution in [3.05, 3.63) is 11.9 Å². The third-order valence-electron chi connectivity index (χ3n) is 4.18. The van der Waals surface area contributed by atoms with Crippen LogP contribution in [0.25, 0.3) is 0 Å². The van der Waals surface area contributed by atoms with Crippen LogP contribution in [0.15, 0.2) is 6.20 Å². The van der Waals surface area contributed by atoms with Gasteiger partial charge in [-0.2, -0.15) is 0 Å². The Balaban J connectivity index is 2.21. The van der Waals surface area contributed by atoms with Gasteiger partial charge >= 0.3 is 0 Å². The average molecular weight is 238 g/mol. The van der Waals surface area contributed by atoms with E-state index in [0.717, 1.165) is 18.5 Å². The monoisotopic (exact) mass is 238 g/mol. The van der Waals surface area contributed by atoms with Crippen molar-refractivity contribution in [3.8, 4) is 0 Å². The molecule has 2 atom stereocenters. The summed E-state index contributed by atoms with van der Waals surface area (Å²) in [7, 11) is 1.85. The minimum atomic E-state index is -0.373. The van der Waals surface area contributed by atoms with Gasteiger partial charge in [-0.15, -0.1) is 5.10 Å². The third-order valence-corrected chi connectivity index (χ3v) is 4.18. The van der Waals surface area contributed by atoms with Crippen LogP contribution in [0, 0.1) is 10.8 Å². The predicted molar refractivity (Wildman–Crippen MR) is 65.2 cm³/mol. The largest absolute Gasteiger partial charge is 0.392 e. The first-order chi connectivity index (χ1) is 7.89. The molecule has 0 spiro atoms. The van der Waals surface area contributed by atoms with Crippen LogP contribution in [0.3, 0.4) is 0 Å². The molecule has 1 aliphatic carbocycles. The number of aromatic nitrogens is 3. The number of aryl methyl sites for hydroxylation is 1. The number of aliphatic hydroxyl groups is 1. The fraction of sp³-hybridized carbons (Fsp3) is 0.833. The van der Waals surface area contributed by atoms with Crippen molar-refractivity contribution in [2.75, 3.05) is 6.54 Å². The Morgan fingerprint density at radius 1 is 1.53 bits per heavy atom. The van der Waals surface area contributed by atoms with E-state index in [1.165, 1.54) is 0 Å². The molecule has 1 aromatic rings. The average Bonchev–Trinajstić information content (AvgIpc) is 2.77. The van der Waals surface area contributed by atoms with E-state index in [0.29, 0.717) is 13.0 Å². The summed E-state index contributed by atoms with van der Waals surface area (Å²) in [6.45, 7) is 4.70. The maximum atomic E-state index is 10.5. The van der Waals surface area contributed by atoms with E-state index < -0.39 is 0 Å². The van der Waals surface area contributed by atoms with Crippen molar-refractivity contribution in [1.82, 2.24) is 15.0 Å². The number of rotatable bonds is 3. The third kappa shape index (κ3) is 2.09. The zero-order valence-electron chi connectivity index (χ0n) is 10.8. The Labute approximate surface area is 102 Å². The van der Waals surface area contributed by atoms with Crippen LogP contribution in [0.2, 0.25) is 0 Å². The molecule has 0 saturated heterocycles. The van der Waals surface area contributed by atoms with E-state index in [1.54, 1.807) is 4.68 Å². The molecule has 0 aromatic carbocycles. The topological polar surface area (TPSA) is 77.0 Å². The summed E-state index contributed by atoms with van der Waals surface area (Å²) < 4.78 is 1.69. The standard InChI is InChI=1S/C12H22N4O/c1-11(2)4-5-12(8-13,10(11)17)6-9-7-16(3)15-14-9/h7,10,17H,4-6,8,13H2,1-3H3. The lowest BCUT2D eigenvalue weighted by atomic mass is 9.75. The van der Waals surface area contributed by atoms with E-state index in [1.807, 2.05) is 13.2 Å². The van der Waals surface area contributed by atoms with Gasteiger partial charge in [0.25, 0.3) is 0 Å². The zero-order chi connectivity index (χ0) is 12.7. The Morgan fingerprint density at radius 2 is 2.24 bits per heavy atom. The maximum absolute atomic E-state index is 10.5. The van der Waals surface area contributed by atoms with Gasteiger partial charge in [-0.1, -0.05) is 19.1 Å². The van der Waals surface area contributed by atoms with Gasteiger partial charge in [0.15, 0.2) is 0 Å². The molecular weight excluding hydrogens is 216 g/mol. The molecule has 0 bridgehead atoms. The van der Waals surface area contributed by atoms with Crippen molar-refractivity contribution in [1.29, 1.82) is 0 Å². The number of hydrogen-bond acceptors (Lipinski definition) is 4. The molecule has 5 heteroatoms. The van der Waals surface area contributed by atoms with Crippen molar-refractivity contribution in [3.63, 3.8) is 0 Å². The van der Waals surface area contributed by atoms with Crippen molar-refractivity contribution >= 4 is 0 Å². The van der Waals surface area contributed by atoms with Gasteiger partial charge in [0.2, 0.25) is 0 Å². The second-order valence-electron chi connectivity index (χ2n) is 6.02. The molecule has 0 radical (unpaired) electrons. The lowest BCUT2D eigenvalue weighted by molar-refractivity contribution is -0.00509. The molecule has 96 valence electrons. The molecule has 17 heavy (non-hydrogen) atoms. The first kappa shape index (κ1) is 12.5. The minimum Gasteiger partial charge on any atom is -0.392 e. The van der Waals surface area contributed by atoms with Gasteiger partial charge in [-0.05, 0) is 18.3 Å². The fourth-order valence-corrected chi connectivity index (χ4v) is 2.98. The SMILES string of the molecule is Cn1cc(CC2(CN)CCC(C)(C)C2O)nn1. The van der Waals surface area contributed by atoms with Gasteiger partial charge in [0.05, 0.1) is 11.8 Å². The Kier molecular flexibility index (Phi) is 2.99. The predicted octanol–water partition coefficient (Wildman–Crippen LogP) is 0.484. The van der Waals surface area contributed by atoms with E-state index >= 15 is 0 Å². The number of hydrogen-bond donors (Lipinski definition) is 2. The van der Waals surface area contributed by atoms with E-state index in [9.17, 15) is 5.11 Å². The molecule has 0 aliphatic heterocycles. The highest BCUT2D eigenvalue weighted by Crippen LogP contribution is 2.50. The Bertz CT molecular complexity index is 401. The van der Waals surface area contributed by atoms with Crippen LogP contribution in [-0.4, -0.2) is 32.7 Å². The second-order valence-corrected chi connectivity index (χ2v) is 6.02. The lowest BCUT2D eigenvalue weighted by Crippen LogP contribution is -2.44. The first-order valence-electron chi connectivity index (χ1n) is 6.13. The van der Waals surface area contributed by atoms with Crippen molar-refractivity contribution in [2.45, 2.75) is 39.2 Å². The van der Waals surface area contributed by atoms with E-state index in [-0.39, 0.29) is 16.9 Å². The molecule has 3 N–H and O–H groups in total. The normalized spacial score (nSPS) is 31.9. The molecule has 2 rings (SSSR count). The second kappa shape index (κ2) is 4.07. The summed E-state index contributed by atoms with van der Waals surface area (Å²) in [5.41, 5.74) is 6.54. The maximum Gasteiger partial charge on any atom is 0.0834 e. The van der Waals surface area contributed by atoms with E-state index in [4.69, 9.17) is 5.73 Å². The molecule has 5 nitrogen and oxygen atoms in total. The summed E-state index contributed by atoms with van der Waals surface area (Å²) in [6, 6.07) is 0. The Morgan fingerprint density at radius 3 is 2.65 bits per heavy atom. The van der Waals surface area contributed by atoms with Crippen LogP contribution in [0.1, 0.15) is 32.4 Å². The molecule has 2 unspecified atom stereocenters. The van der Waals surface area contributed by atoms with E-state index in [2.05, 4.69) is 24.2 Å². The number of aliphatic hydroxyl groups excluding tert-OH is 1. The van der Waals surface area contributed by atoms with Crippen LogP contribution >= 0.6 is 0 Å².